The van der Waals surface area contributed by atoms with E-state index in [1.807, 2.05) is 0 Å². The lowest BCUT2D eigenvalue weighted by Crippen LogP contribution is -2.42. The first-order chi connectivity index (χ1) is 12.4. The molecule has 0 aliphatic heterocycles. The van der Waals surface area contributed by atoms with Crippen molar-refractivity contribution in [3.8, 4) is 0 Å². The summed E-state index contributed by atoms with van der Waals surface area (Å²) in [6, 6.07) is -0.106. The topological polar surface area (TPSA) is 187 Å². The van der Waals surface area contributed by atoms with Crippen LogP contribution < -0.4 is 5.32 Å². The van der Waals surface area contributed by atoms with Gasteiger partial charge in [0, 0.05) is 17.4 Å². The fraction of sp³-hybridized carbons (Fsp3) is 0.429. The van der Waals surface area contributed by atoms with Crippen molar-refractivity contribution in [1.82, 2.24) is 5.32 Å². The van der Waals surface area contributed by atoms with E-state index < -0.39 is 66.7 Å². The number of hydrogen-bond acceptors (Lipinski definition) is 8. The second kappa shape index (κ2) is 8.53. The molecule has 1 unspecified atom stereocenters. The van der Waals surface area contributed by atoms with E-state index in [0.29, 0.717) is 6.07 Å². The Kier molecular flexibility index (Phi) is 6.93. The Morgan fingerprint density at radius 3 is 2.26 bits per heavy atom. The minimum absolute atomic E-state index is 0.187. The van der Waals surface area contributed by atoms with Crippen LogP contribution in [0.4, 0.5) is 11.4 Å². The lowest BCUT2D eigenvalue weighted by atomic mass is 10.0. The van der Waals surface area contributed by atoms with Gasteiger partial charge in [0.25, 0.3) is 17.3 Å². The Morgan fingerprint density at radius 2 is 1.81 bits per heavy atom. The standard InChI is InChI=1S/C14H17N3O9S/c1-3-27(25,26)5-4-11(14(19)20)15-13(18)10-6-9(16(21)22)7-12(8(10)2)17(23)24/h6-7,11H,3-5H2,1-2H3,(H,15,18)(H,19,20). The molecule has 0 bridgehead atoms. The Bertz CT molecular complexity index is 895. The van der Waals surface area contributed by atoms with Crippen LogP contribution >= 0.6 is 0 Å². The molecule has 0 aliphatic rings. The predicted molar refractivity (Wildman–Crippen MR) is 92.3 cm³/mol. The molecule has 0 spiro atoms. The van der Waals surface area contributed by atoms with Crippen LogP contribution in [0.2, 0.25) is 0 Å². The van der Waals surface area contributed by atoms with E-state index in [2.05, 4.69) is 5.32 Å². The van der Waals surface area contributed by atoms with Gasteiger partial charge in [0.2, 0.25) is 0 Å². The number of hydrogen-bond donors (Lipinski definition) is 2. The fourth-order valence-corrected chi connectivity index (χ4v) is 3.03. The summed E-state index contributed by atoms with van der Waals surface area (Å²) in [5, 5.41) is 33.2. The van der Waals surface area contributed by atoms with Crippen LogP contribution in [0, 0.1) is 27.2 Å². The minimum Gasteiger partial charge on any atom is -0.480 e. The molecular formula is C14H17N3O9S. The number of nitrogens with zero attached hydrogens (tertiary/aromatic N) is 2. The fourth-order valence-electron chi connectivity index (χ4n) is 2.15. The van der Waals surface area contributed by atoms with E-state index in [-0.39, 0.29) is 11.3 Å². The van der Waals surface area contributed by atoms with Crippen molar-refractivity contribution < 1.29 is 33.0 Å². The number of carbonyl (C=O) groups excluding carboxylic acids is 1. The second-order valence-electron chi connectivity index (χ2n) is 5.54. The predicted octanol–water partition coefficient (Wildman–Crippen LogP) is 0.819. The van der Waals surface area contributed by atoms with Gasteiger partial charge in [-0.15, -0.1) is 0 Å². The van der Waals surface area contributed by atoms with Crippen molar-refractivity contribution in [1.29, 1.82) is 0 Å². The lowest BCUT2D eigenvalue weighted by Gasteiger charge is -2.15. The third kappa shape index (κ3) is 5.70. The maximum absolute atomic E-state index is 12.4. The van der Waals surface area contributed by atoms with Crippen molar-refractivity contribution >= 4 is 33.1 Å². The highest BCUT2D eigenvalue weighted by atomic mass is 32.2. The number of carboxylic acids is 1. The molecule has 1 aromatic rings. The molecule has 27 heavy (non-hydrogen) atoms. The summed E-state index contributed by atoms with van der Waals surface area (Å²) in [5.41, 5.74) is -2.01. The molecule has 2 N–H and O–H groups in total. The molecule has 0 saturated carbocycles. The van der Waals surface area contributed by atoms with Gasteiger partial charge in [-0.05, 0) is 13.3 Å². The monoisotopic (exact) mass is 403 g/mol. The Balaban J connectivity index is 3.21. The molecule has 1 atom stereocenters. The quantitative estimate of drug-likeness (QED) is 0.444. The molecule has 1 amide bonds. The van der Waals surface area contributed by atoms with Gasteiger partial charge in [0.1, 0.15) is 15.9 Å². The second-order valence-corrected chi connectivity index (χ2v) is 8.01. The summed E-state index contributed by atoms with van der Waals surface area (Å²) in [6.07, 6.45) is -0.423. The largest absolute Gasteiger partial charge is 0.480 e. The Hall–Kier alpha value is -3.09. The zero-order valence-corrected chi connectivity index (χ0v) is 15.2. The molecular weight excluding hydrogens is 386 g/mol. The highest BCUT2D eigenvalue weighted by Gasteiger charge is 2.28. The van der Waals surface area contributed by atoms with Crippen molar-refractivity contribution in [2.45, 2.75) is 26.3 Å². The van der Waals surface area contributed by atoms with Gasteiger partial charge in [-0.2, -0.15) is 0 Å². The van der Waals surface area contributed by atoms with Crippen LogP contribution in [0.15, 0.2) is 12.1 Å². The zero-order chi connectivity index (χ0) is 20.9. The highest BCUT2D eigenvalue weighted by molar-refractivity contribution is 7.91. The Labute approximate surface area is 153 Å². The number of amides is 1. The summed E-state index contributed by atoms with van der Waals surface area (Å²) < 4.78 is 23.0. The molecule has 0 saturated heterocycles. The summed E-state index contributed by atoms with van der Waals surface area (Å²) in [4.78, 5) is 43.8. The average Bonchev–Trinajstić information content (AvgIpc) is 2.57. The van der Waals surface area contributed by atoms with Gasteiger partial charge in [-0.3, -0.25) is 25.0 Å². The highest BCUT2D eigenvalue weighted by Crippen LogP contribution is 2.28. The van der Waals surface area contributed by atoms with Gasteiger partial charge in [-0.25, -0.2) is 13.2 Å². The number of carbonyl (C=O) groups is 2. The first-order valence-corrected chi connectivity index (χ1v) is 9.39. The summed E-state index contributed by atoms with van der Waals surface area (Å²) in [7, 11) is -3.49. The van der Waals surface area contributed by atoms with Crippen LogP contribution in [0.25, 0.3) is 0 Å². The van der Waals surface area contributed by atoms with Crippen LogP contribution in [-0.4, -0.2) is 52.8 Å². The van der Waals surface area contributed by atoms with Crippen LogP contribution in [0.1, 0.15) is 29.3 Å². The van der Waals surface area contributed by atoms with E-state index in [1.165, 1.54) is 13.8 Å². The number of nitro benzene ring substituents is 2. The van der Waals surface area contributed by atoms with E-state index in [0.717, 1.165) is 6.07 Å². The van der Waals surface area contributed by atoms with E-state index >= 15 is 0 Å². The Morgan fingerprint density at radius 1 is 1.22 bits per heavy atom. The van der Waals surface area contributed by atoms with Crippen LogP contribution in [0.3, 0.4) is 0 Å². The van der Waals surface area contributed by atoms with E-state index in [1.54, 1.807) is 0 Å². The van der Waals surface area contributed by atoms with Gasteiger partial charge in [-0.1, -0.05) is 6.92 Å². The SMILES string of the molecule is CCS(=O)(=O)CCC(NC(=O)c1cc([N+](=O)[O-])cc([N+](=O)[O-])c1C)C(=O)O. The third-order valence-corrected chi connectivity index (χ3v) is 5.52. The number of carboxylic acid groups (broad SMARTS) is 1. The lowest BCUT2D eigenvalue weighted by molar-refractivity contribution is -0.394. The van der Waals surface area contributed by atoms with E-state index in [9.17, 15) is 38.2 Å². The molecule has 0 aliphatic carbocycles. The molecule has 12 nitrogen and oxygen atoms in total. The summed E-state index contributed by atoms with van der Waals surface area (Å²) >= 11 is 0. The molecule has 1 aromatic carbocycles. The molecule has 0 fully saturated rings. The maximum atomic E-state index is 12.4. The zero-order valence-electron chi connectivity index (χ0n) is 14.4. The third-order valence-electron chi connectivity index (χ3n) is 3.78. The number of nitrogens with one attached hydrogen (secondary N) is 1. The van der Waals surface area contributed by atoms with E-state index in [4.69, 9.17) is 5.11 Å². The molecule has 1 rings (SSSR count). The maximum Gasteiger partial charge on any atom is 0.326 e. The normalized spacial score (nSPS) is 12.2. The van der Waals surface area contributed by atoms with Crippen molar-refractivity contribution in [3.63, 3.8) is 0 Å². The molecule has 0 aromatic heterocycles. The van der Waals surface area contributed by atoms with Crippen LogP contribution in [0.5, 0.6) is 0 Å². The molecule has 13 heteroatoms. The molecule has 148 valence electrons. The van der Waals surface area contributed by atoms with Gasteiger partial charge < -0.3 is 10.4 Å². The van der Waals surface area contributed by atoms with Gasteiger partial charge in [0.15, 0.2) is 0 Å². The summed E-state index contributed by atoms with van der Waals surface area (Å²) in [5.74, 6) is -3.30. The number of rotatable bonds is 9. The first kappa shape index (κ1) is 22.0. The smallest absolute Gasteiger partial charge is 0.326 e. The number of benzene rings is 1. The number of sulfone groups is 1. The first-order valence-electron chi connectivity index (χ1n) is 7.57. The average molecular weight is 403 g/mol. The number of aliphatic carboxylic acids is 1. The van der Waals surface area contributed by atoms with Crippen molar-refractivity contribution in [2.24, 2.45) is 0 Å². The van der Waals surface area contributed by atoms with Crippen molar-refractivity contribution in [2.75, 3.05) is 11.5 Å². The molecule has 0 heterocycles. The van der Waals surface area contributed by atoms with Gasteiger partial charge in [0.05, 0.1) is 27.2 Å². The molecule has 0 radical (unpaired) electrons. The minimum atomic E-state index is -3.49. The van der Waals surface area contributed by atoms with Crippen LogP contribution in [-0.2, 0) is 14.6 Å². The number of non-ortho nitro benzene ring substituents is 1. The number of nitro groups is 2. The van der Waals surface area contributed by atoms with Gasteiger partial charge >= 0.3 is 5.97 Å². The van der Waals surface area contributed by atoms with Crippen molar-refractivity contribution in [3.05, 3.63) is 43.5 Å². The summed E-state index contributed by atoms with van der Waals surface area (Å²) in [6.45, 7) is 2.57.